The lowest BCUT2D eigenvalue weighted by Gasteiger charge is -2.29. The second-order valence-corrected chi connectivity index (χ2v) is 8.19. The van der Waals surface area contributed by atoms with Gasteiger partial charge in [0.25, 0.3) is 0 Å². The number of benzene rings is 2. The Morgan fingerprint density at radius 1 is 1.12 bits per heavy atom. The predicted octanol–water partition coefficient (Wildman–Crippen LogP) is 4.43. The van der Waals surface area contributed by atoms with Crippen LogP contribution in [0.5, 0.6) is 5.75 Å². The molecule has 1 aliphatic rings. The lowest BCUT2D eigenvalue weighted by Crippen LogP contribution is -2.43. The molecule has 0 unspecified atom stereocenters. The van der Waals surface area contributed by atoms with E-state index in [0.717, 1.165) is 50.3 Å². The zero-order valence-corrected chi connectivity index (χ0v) is 18.8. The van der Waals surface area contributed by atoms with Gasteiger partial charge in [-0.05, 0) is 30.2 Å². The van der Waals surface area contributed by atoms with Crippen molar-refractivity contribution in [3.8, 4) is 28.0 Å². The summed E-state index contributed by atoms with van der Waals surface area (Å²) in [6.45, 7) is 6.14. The van der Waals surface area contributed by atoms with E-state index in [2.05, 4.69) is 15.2 Å². The smallest absolute Gasteiger partial charge is 0.214 e. The number of carbonyl (C=O) groups excluding carboxylic acids is 1. The van der Waals surface area contributed by atoms with Crippen LogP contribution in [0.25, 0.3) is 22.3 Å². The summed E-state index contributed by atoms with van der Waals surface area (Å²) >= 11 is 0. The molecule has 6 nitrogen and oxygen atoms in total. The van der Waals surface area contributed by atoms with Gasteiger partial charge in [-0.2, -0.15) is 0 Å². The maximum atomic E-state index is 14.9. The minimum Gasteiger partial charge on any atom is -0.507 e. The van der Waals surface area contributed by atoms with E-state index in [0.29, 0.717) is 29.6 Å². The lowest BCUT2D eigenvalue weighted by molar-refractivity contribution is -0.107. The van der Waals surface area contributed by atoms with Crippen molar-refractivity contribution in [3.05, 3.63) is 60.7 Å². The molecule has 0 aliphatic carbocycles. The Morgan fingerprint density at radius 2 is 1.88 bits per heavy atom. The molecule has 1 aromatic heterocycles. The van der Waals surface area contributed by atoms with Crippen molar-refractivity contribution in [2.24, 2.45) is 0 Å². The Labute approximate surface area is 193 Å². The van der Waals surface area contributed by atoms with Gasteiger partial charge in [0.1, 0.15) is 11.6 Å². The molecule has 1 amide bonds. The molecule has 1 saturated heterocycles. The molecule has 0 atom stereocenters. The Morgan fingerprint density at radius 3 is 2.58 bits per heavy atom. The zero-order valence-electron chi connectivity index (χ0n) is 18.8. The van der Waals surface area contributed by atoms with E-state index < -0.39 is 5.82 Å². The number of phenolic OH excluding ortho intramolecular Hbond substituents is 1. The van der Waals surface area contributed by atoms with Crippen LogP contribution in [0, 0.1) is 5.82 Å². The fraction of sp³-hybridized carbons (Fsp3) is 0.308. The van der Waals surface area contributed by atoms with Gasteiger partial charge in [-0.15, -0.1) is 0 Å². The highest BCUT2D eigenvalue weighted by Crippen LogP contribution is 2.39. The van der Waals surface area contributed by atoms with Crippen molar-refractivity contribution < 1.29 is 14.3 Å². The van der Waals surface area contributed by atoms with Crippen molar-refractivity contribution in [1.82, 2.24) is 10.3 Å². The molecule has 2 aromatic carbocycles. The lowest BCUT2D eigenvalue weighted by atomic mass is 9.97. The number of carbonyl (C=O) groups is 1. The van der Waals surface area contributed by atoms with Crippen LogP contribution in [0.3, 0.4) is 0 Å². The fourth-order valence-electron chi connectivity index (χ4n) is 4.15. The number of unbranched alkanes of at least 4 members (excludes halogenated alkanes) is 1. The number of halogens is 1. The first-order chi connectivity index (χ1) is 16.1. The van der Waals surface area contributed by atoms with Gasteiger partial charge in [-0.1, -0.05) is 37.6 Å². The number of aromatic hydroxyl groups is 1. The Bertz CT molecular complexity index is 1120. The van der Waals surface area contributed by atoms with E-state index in [4.69, 9.17) is 0 Å². The topological polar surface area (TPSA) is 68.7 Å². The van der Waals surface area contributed by atoms with Crippen LogP contribution in [0.15, 0.2) is 54.9 Å². The number of hydrogen-bond donors (Lipinski definition) is 2. The van der Waals surface area contributed by atoms with Crippen LogP contribution < -0.4 is 15.1 Å². The summed E-state index contributed by atoms with van der Waals surface area (Å²) in [5.41, 5.74) is 3.76. The predicted molar refractivity (Wildman–Crippen MR) is 130 cm³/mol. The molecule has 2 N–H and O–H groups in total. The third-order valence-corrected chi connectivity index (χ3v) is 6.00. The van der Waals surface area contributed by atoms with Crippen LogP contribution in [-0.2, 0) is 4.79 Å². The standard InChI is InChI=1S/C26H29FN4O2/c1-2-3-11-31(18-32)25-8-7-19(15-24(25)27)22-5-4-6-23(26(22)33)20-14-21(17-29-16-20)30-12-9-28-10-13-30/h4-8,14-18,28,33H,2-3,9-13H2,1H3. The van der Waals surface area contributed by atoms with E-state index >= 15 is 0 Å². The van der Waals surface area contributed by atoms with Crippen molar-refractivity contribution in [2.45, 2.75) is 19.8 Å². The first-order valence-corrected chi connectivity index (χ1v) is 11.4. The minimum absolute atomic E-state index is 0.0714. The molecule has 0 radical (unpaired) electrons. The van der Waals surface area contributed by atoms with Gasteiger partial charge in [0.15, 0.2) is 0 Å². The third-order valence-electron chi connectivity index (χ3n) is 6.00. The molecule has 0 saturated carbocycles. The number of hydrogen-bond acceptors (Lipinski definition) is 5. The number of amides is 1. The summed E-state index contributed by atoms with van der Waals surface area (Å²) in [6.07, 6.45) is 5.93. The number of phenols is 1. The fourth-order valence-corrected chi connectivity index (χ4v) is 4.15. The Hall–Kier alpha value is -3.45. The van der Waals surface area contributed by atoms with Gasteiger partial charge >= 0.3 is 0 Å². The Kier molecular flexibility index (Phi) is 7.19. The highest BCUT2D eigenvalue weighted by molar-refractivity contribution is 5.84. The maximum absolute atomic E-state index is 14.9. The van der Waals surface area contributed by atoms with Crippen molar-refractivity contribution in [2.75, 3.05) is 42.5 Å². The monoisotopic (exact) mass is 448 g/mol. The molecule has 4 rings (SSSR count). The molecule has 1 aliphatic heterocycles. The minimum atomic E-state index is -0.497. The Balaban J connectivity index is 1.65. The highest BCUT2D eigenvalue weighted by atomic mass is 19.1. The number of para-hydroxylation sites is 1. The first kappa shape index (κ1) is 22.7. The van der Waals surface area contributed by atoms with Crippen molar-refractivity contribution in [3.63, 3.8) is 0 Å². The third kappa shape index (κ3) is 4.98. The SMILES string of the molecule is CCCCN(C=O)c1ccc(-c2cccc(-c3cncc(N4CCNCC4)c3)c2O)cc1F. The van der Waals surface area contributed by atoms with Crippen LogP contribution >= 0.6 is 0 Å². The van der Waals surface area contributed by atoms with Gasteiger partial charge in [0.05, 0.1) is 17.6 Å². The number of piperazine rings is 1. The van der Waals surface area contributed by atoms with Crippen molar-refractivity contribution in [1.29, 1.82) is 0 Å². The average Bonchev–Trinajstić information content (AvgIpc) is 2.86. The molecule has 2 heterocycles. The average molecular weight is 449 g/mol. The molecule has 7 heteroatoms. The number of nitrogens with zero attached hydrogens (tertiary/aromatic N) is 3. The summed E-state index contributed by atoms with van der Waals surface area (Å²) in [5, 5.41) is 14.4. The molecule has 1 fully saturated rings. The van der Waals surface area contributed by atoms with Gasteiger partial charge < -0.3 is 20.2 Å². The molecular weight excluding hydrogens is 419 g/mol. The van der Waals surface area contributed by atoms with Crippen molar-refractivity contribution >= 4 is 17.8 Å². The molecule has 0 spiro atoms. The van der Waals surface area contributed by atoms with E-state index in [9.17, 15) is 14.3 Å². The molecule has 0 bridgehead atoms. The summed E-state index contributed by atoms with van der Waals surface area (Å²) in [7, 11) is 0. The number of anilines is 2. The van der Waals surface area contributed by atoms with Crippen LogP contribution in [0.2, 0.25) is 0 Å². The second kappa shape index (κ2) is 10.4. The summed E-state index contributed by atoms with van der Waals surface area (Å²) in [5.74, 6) is -0.426. The van der Waals surface area contributed by atoms with E-state index in [-0.39, 0.29) is 11.4 Å². The first-order valence-electron chi connectivity index (χ1n) is 11.4. The maximum Gasteiger partial charge on any atom is 0.214 e. The number of rotatable bonds is 8. The molecule has 3 aromatic rings. The van der Waals surface area contributed by atoms with Crippen LogP contribution in [0.1, 0.15) is 19.8 Å². The largest absolute Gasteiger partial charge is 0.507 e. The number of pyridine rings is 1. The summed E-state index contributed by atoms with van der Waals surface area (Å²) in [6, 6.07) is 12.1. The van der Waals surface area contributed by atoms with E-state index in [1.807, 2.05) is 31.3 Å². The van der Waals surface area contributed by atoms with Gasteiger partial charge in [0, 0.05) is 55.6 Å². The number of aromatic nitrogens is 1. The van der Waals surface area contributed by atoms with Crippen LogP contribution in [-0.4, -0.2) is 49.2 Å². The van der Waals surface area contributed by atoms with E-state index in [1.54, 1.807) is 24.4 Å². The van der Waals surface area contributed by atoms with Gasteiger partial charge in [0.2, 0.25) is 6.41 Å². The highest BCUT2D eigenvalue weighted by Gasteiger charge is 2.17. The quantitative estimate of drug-likeness (QED) is 0.499. The summed E-state index contributed by atoms with van der Waals surface area (Å²) in [4.78, 5) is 19.5. The molecule has 172 valence electrons. The van der Waals surface area contributed by atoms with Crippen LogP contribution in [0.4, 0.5) is 15.8 Å². The van der Waals surface area contributed by atoms with E-state index in [1.165, 1.54) is 11.0 Å². The zero-order chi connectivity index (χ0) is 23.2. The summed E-state index contributed by atoms with van der Waals surface area (Å²) < 4.78 is 14.9. The number of nitrogens with one attached hydrogen (secondary N) is 1. The normalized spacial score (nSPS) is 13.7. The second-order valence-electron chi connectivity index (χ2n) is 8.19. The van der Waals surface area contributed by atoms with Gasteiger partial charge in [-0.3, -0.25) is 9.78 Å². The molecular formula is C26H29FN4O2. The van der Waals surface area contributed by atoms with Gasteiger partial charge in [-0.25, -0.2) is 4.39 Å². The molecule has 33 heavy (non-hydrogen) atoms.